The molecule has 3 nitrogen and oxygen atoms in total. The fourth-order valence-corrected chi connectivity index (χ4v) is 1.40. The van der Waals surface area contributed by atoms with Crippen molar-refractivity contribution in [1.29, 1.82) is 0 Å². The molecule has 0 unspecified atom stereocenters. The Morgan fingerprint density at radius 1 is 1.26 bits per heavy atom. The van der Waals surface area contributed by atoms with Crippen molar-refractivity contribution < 1.29 is 4.92 Å². The summed E-state index contributed by atoms with van der Waals surface area (Å²) in [4.78, 5) is 10.4. The predicted molar refractivity (Wildman–Crippen MR) is 84.3 cm³/mol. The van der Waals surface area contributed by atoms with Gasteiger partial charge in [-0.05, 0) is 18.1 Å². The van der Waals surface area contributed by atoms with Crippen LogP contribution in [0.5, 0.6) is 0 Å². The van der Waals surface area contributed by atoms with Crippen molar-refractivity contribution in [3.63, 3.8) is 0 Å². The Morgan fingerprint density at radius 3 is 2.21 bits per heavy atom. The number of para-hydroxylation sites is 1. The van der Waals surface area contributed by atoms with Crippen LogP contribution in [-0.2, 0) is 0 Å². The van der Waals surface area contributed by atoms with Crippen LogP contribution < -0.4 is 0 Å². The zero-order valence-electron chi connectivity index (χ0n) is 12.6. The Morgan fingerprint density at radius 2 is 1.79 bits per heavy atom. The first kappa shape index (κ1) is 19.4. The summed E-state index contributed by atoms with van der Waals surface area (Å²) in [6.45, 7) is 13.6. The maximum absolute atomic E-state index is 10.8. The SMILES string of the molecule is C=C/C(=C\CC)c1ccccc1[N+](=O)[O-].CC.CC. The van der Waals surface area contributed by atoms with E-state index in [2.05, 4.69) is 6.58 Å². The first-order valence-electron chi connectivity index (χ1n) is 6.77. The molecule has 0 fully saturated rings. The average molecular weight is 263 g/mol. The van der Waals surface area contributed by atoms with E-state index in [1.165, 1.54) is 6.07 Å². The molecule has 0 aromatic heterocycles. The molecule has 0 aliphatic heterocycles. The van der Waals surface area contributed by atoms with Crippen LogP contribution >= 0.6 is 0 Å². The van der Waals surface area contributed by atoms with Gasteiger partial charge in [0.15, 0.2) is 0 Å². The first-order chi connectivity index (χ1) is 9.20. The van der Waals surface area contributed by atoms with Gasteiger partial charge < -0.3 is 0 Å². The molecule has 0 bridgehead atoms. The van der Waals surface area contributed by atoms with Crippen molar-refractivity contribution in [3.05, 3.63) is 58.7 Å². The third-order valence-corrected chi connectivity index (χ3v) is 2.06. The lowest BCUT2D eigenvalue weighted by Gasteiger charge is -2.02. The van der Waals surface area contributed by atoms with Crippen LogP contribution in [0.4, 0.5) is 5.69 Å². The highest BCUT2D eigenvalue weighted by Gasteiger charge is 2.13. The van der Waals surface area contributed by atoms with Gasteiger partial charge in [-0.15, -0.1) is 0 Å². The molecule has 19 heavy (non-hydrogen) atoms. The van der Waals surface area contributed by atoms with E-state index in [0.717, 1.165) is 12.0 Å². The summed E-state index contributed by atoms with van der Waals surface area (Å²) in [7, 11) is 0. The average Bonchev–Trinajstić information content (AvgIpc) is 2.49. The van der Waals surface area contributed by atoms with Crippen LogP contribution in [0, 0.1) is 10.1 Å². The molecule has 0 atom stereocenters. The number of benzene rings is 1. The summed E-state index contributed by atoms with van der Waals surface area (Å²) in [5.41, 5.74) is 1.56. The smallest absolute Gasteiger partial charge is 0.258 e. The molecule has 106 valence electrons. The van der Waals surface area contributed by atoms with Crippen molar-refractivity contribution in [3.8, 4) is 0 Å². The molecule has 3 heteroatoms. The van der Waals surface area contributed by atoms with Crippen LogP contribution in [0.2, 0.25) is 0 Å². The lowest BCUT2D eigenvalue weighted by molar-refractivity contribution is -0.385. The fraction of sp³-hybridized carbons (Fsp3) is 0.375. The standard InChI is InChI=1S/C12H13NO2.2C2H6/c1-3-7-10(4-2)11-8-5-6-9-12(11)13(14)15;2*1-2/h4-9H,2-3H2,1H3;2*1-2H3/b10-7+;;. The minimum absolute atomic E-state index is 0.122. The van der Waals surface area contributed by atoms with Crippen LogP contribution in [0.15, 0.2) is 43.0 Å². The number of hydrogen-bond acceptors (Lipinski definition) is 2. The Labute approximate surface area is 116 Å². The third-order valence-electron chi connectivity index (χ3n) is 2.06. The van der Waals surface area contributed by atoms with E-state index in [0.29, 0.717) is 5.56 Å². The van der Waals surface area contributed by atoms with Crippen LogP contribution in [0.25, 0.3) is 5.57 Å². The Kier molecular flexibility index (Phi) is 12.8. The summed E-state index contributed by atoms with van der Waals surface area (Å²) in [6.07, 6.45) is 4.40. The first-order valence-corrected chi connectivity index (χ1v) is 6.77. The number of nitro benzene ring substituents is 1. The van der Waals surface area contributed by atoms with Gasteiger partial charge in [0.1, 0.15) is 0 Å². The fourth-order valence-electron chi connectivity index (χ4n) is 1.40. The second-order valence-electron chi connectivity index (χ2n) is 3.05. The number of rotatable bonds is 4. The molecular formula is C16H25NO2. The zero-order valence-corrected chi connectivity index (χ0v) is 12.6. The second kappa shape index (κ2) is 12.6. The van der Waals surface area contributed by atoms with Gasteiger partial charge in [-0.1, -0.05) is 65.5 Å². The maximum Gasteiger partial charge on any atom is 0.277 e. The van der Waals surface area contributed by atoms with Gasteiger partial charge >= 0.3 is 0 Å². The number of hydrogen-bond donors (Lipinski definition) is 0. The maximum atomic E-state index is 10.8. The second-order valence-corrected chi connectivity index (χ2v) is 3.05. The largest absolute Gasteiger partial charge is 0.277 e. The van der Waals surface area contributed by atoms with Crippen molar-refractivity contribution in [2.45, 2.75) is 41.0 Å². The summed E-state index contributed by atoms with van der Waals surface area (Å²) >= 11 is 0. The molecule has 1 aromatic carbocycles. The summed E-state index contributed by atoms with van der Waals surface area (Å²) < 4.78 is 0. The van der Waals surface area contributed by atoms with E-state index >= 15 is 0 Å². The Hall–Kier alpha value is -1.90. The molecule has 1 rings (SSSR count). The summed E-state index contributed by atoms with van der Waals surface area (Å²) in [5.74, 6) is 0. The van der Waals surface area contributed by atoms with E-state index < -0.39 is 0 Å². The van der Waals surface area contributed by atoms with Crippen molar-refractivity contribution >= 4 is 11.3 Å². The summed E-state index contributed by atoms with van der Waals surface area (Å²) in [5, 5.41) is 10.8. The van der Waals surface area contributed by atoms with Gasteiger partial charge in [0.2, 0.25) is 0 Å². The normalized spacial score (nSPS) is 9.42. The van der Waals surface area contributed by atoms with Gasteiger partial charge in [-0.3, -0.25) is 10.1 Å². The highest BCUT2D eigenvalue weighted by Crippen LogP contribution is 2.26. The minimum atomic E-state index is -0.373. The highest BCUT2D eigenvalue weighted by atomic mass is 16.6. The number of allylic oxidation sites excluding steroid dienone is 3. The van der Waals surface area contributed by atoms with E-state index in [9.17, 15) is 10.1 Å². The van der Waals surface area contributed by atoms with E-state index in [1.54, 1.807) is 24.3 Å². The summed E-state index contributed by atoms with van der Waals surface area (Å²) in [6, 6.07) is 6.69. The molecule has 1 aromatic rings. The third kappa shape index (κ3) is 6.55. The Bertz CT molecular complexity index is 409. The van der Waals surface area contributed by atoms with Gasteiger partial charge in [-0.2, -0.15) is 0 Å². The minimum Gasteiger partial charge on any atom is -0.258 e. The van der Waals surface area contributed by atoms with Crippen LogP contribution in [0.3, 0.4) is 0 Å². The molecule has 0 saturated heterocycles. The van der Waals surface area contributed by atoms with Crippen LogP contribution in [-0.4, -0.2) is 4.92 Å². The van der Waals surface area contributed by atoms with E-state index in [1.807, 2.05) is 40.7 Å². The van der Waals surface area contributed by atoms with Crippen molar-refractivity contribution in [2.75, 3.05) is 0 Å². The topological polar surface area (TPSA) is 43.1 Å². The number of nitrogens with zero attached hydrogens (tertiary/aromatic N) is 1. The molecule has 0 radical (unpaired) electrons. The molecular weight excluding hydrogens is 238 g/mol. The lowest BCUT2D eigenvalue weighted by atomic mass is 10.0. The molecule has 0 spiro atoms. The highest BCUT2D eigenvalue weighted by molar-refractivity contribution is 5.78. The molecule has 0 amide bonds. The van der Waals surface area contributed by atoms with Crippen LogP contribution in [0.1, 0.15) is 46.6 Å². The Balaban J connectivity index is 0. The monoisotopic (exact) mass is 263 g/mol. The van der Waals surface area contributed by atoms with Gasteiger partial charge in [-0.25, -0.2) is 0 Å². The predicted octanol–water partition coefficient (Wildman–Crippen LogP) is 5.63. The zero-order chi connectivity index (χ0) is 15.3. The number of nitro groups is 1. The molecule has 0 aliphatic carbocycles. The van der Waals surface area contributed by atoms with Crippen molar-refractivity contribution in [1.82, 2.24) is 0 Å². The molecule has 0 saturated carbocycles. The van der Waals surface area contributed by atoms with Gasteiger partial charge in [0.05, 0.1) is 10.5 Å². The van der Waals surface area contributed by atoms with Gasteiger partial charge in [0.25, 0.3) is 5.69 Å². The molecule has 0 N–H and O–H groups in total. The molecule has 0 heterocycles. The molecule has 0 aliphatic rings. The lowest BCUT2D eigenvalue weighted by Crippen LogP contribution is -1.93. The quantitative estimate of drug-likeness (QED) is 0.401. The van der Waals surface area contributed by atoms with E-state index in [-0.39, 0.29) is 10.6 Å². The van der Waals surface area contributed by atoms with E-state index in [4.69, 9.17) is 0 Å². The van der Waals surface area contributed by atoms with Gasteiger partial charge in [0, 0.05) is 6.07 Å². The van der Waals surface area contributed by atoms with Crippen molar-refractivity contribution in [2.24, 2.45) is 0 Å².